The van der Waals surface area contributed by atoms with E-state index in [-0.39, 0.29) is 16.9 Å². The van der Waals surface area contributed by atoms with E-state index in [0.29, 0.717) is 16.8 Å². The van der Waals surface area contributed by atoms with E-state index in [9.17, 15) is 24.5 Å². The highest BCUT2D eigenvalue weighted by Gasteiger charge is 2.26. The van der Waals surface area contributed by atoms with Gasteiger partial charge in [-0.25, -0.2) is 9.59 Å². The van der Waals surface area contributed by atoms with E-state index in [1.165, 1.54) is 38.3 Å². The quantitative estimate of drug-likeness (QED) is 0.248. The molecule has 0 saturated heterocycles. The van der Waals surface area contributed by atoms with Crippen LogP contribution in [-0.4, -0.2) is 40.8 Å². The molecule has 2 aromatic rings. The van der Waals surface area contributed by atoms with E-state index in [4.69, 9.17) is 9.47 Å². The van der Waals surface area contributed by atoms with Crippen LogP contribution in [0.3, 0.4) is 0 Å². The molecule has 152 valence electrons. The normalized spacial score (nSPS) is 11.9. The van der Waals surface area contributed by atoms with E-state index in [2.05, 4.69) is 4.98 Å². The highest BCUT2D eigenvalue weighted by atomic mass is 16.6. The minimum Gasteiger partial charge on any atom is -0.465 e. The summed E-state index contributed by atoms with van der Waals surface area (Å²) >= 11 is 0. The first-order valence-corrected chi connectivity index (χ1v) is 8.60. The molecule has 0 unspecified atom stereocenters. The first kappa shape index (κ1) is 21.5. The third kappa shape index (κ3) is 4.95. The Morgan fingerprint density at radius 3 is 2.55 bits per heavy atom. The number of Topliss-reactive ketones (excluding diaryl/α,β-unsaturated/α-hetero) is 1. The van der Waals surface area contributed by atoms with Crippen LogP contribution in [0, 0.1) is 24.0 Å². The molecule has 29 heavy (non-hydrogen) atoms. The Morgan fingerprint density at radius 2 is 1.93 bits per heavy atom. The van der Waals surface area contributed by atoms with Crippen LogP contribution in [0.2, 0.25) is 0 Å². The second-order valence-corrected chi connectivity index (χ2v) is 6.25. The molecule has 0 aliphatic carbocycles. The van der Waals surface area contributed by atoms with Crippen molar-refractivity contribution in [1.29, 1.82) is 0 Å². The number of methoxy groups -OCH3 is 1. The number of carbonyl (C=O) groups is 3. The van der Waals surface area contributed by atoms with Gasteiger partial charge in [0.1, 0.15) is 0 Å². The number of benzene rings is 1. The van der Waals surface area contributed by atoms with Crippen LogP contribution in [0.4, 0.5) is 5.69 Å². The van der Waals surface area contributed by atoms with Gasteiger partial charge in [-0.1, -0.05) is 12.1 Å². The van der Waals surface area contributed by atoms with Crippen LogP contribution < -0.4 is 0 Å². The number of nitrogens with one attached hydrogen (secondary N) is 1. The molecular weight excluding hydrogens is 380 g/mol. The molecule has 2 rings (SSSR count). The Kier molecular flexibility index (Phi) is 6.66. The number of hydrogen-bond acceptors (Lipinski definition) is 7. The molecule has 0 fully saturated rings. The first-order valence-electron chi connectivity index (χ1n) is 8.60. The Balaban J connectivity index is 2.10. The third-order valence-corrected chi connectivity index (χ3v) is 4.23. The van der Waals surface area contributed by atoms with E-state index in [1.807, 2.05) is 0 Å². The number of nitro groups is 1. The number of non-ortho nitro benzene ring substituents is 1. The zero-order valence-corrected chi connectivity index (χ0v) is 16.3. The second-order valence-electron chi connectivity index (χ2n) is 6.25. The van der Waals surface area contributed by atoms with Gasteiger partial charge in [-0.3, -0.25) is 14.9 Å². The molecule has 0 aliphatic heterocycles. The van der Waals surface area contributed by atoms with Crippen LogP contribution in [0.15, 0.2) is 30.3 Å². The number of esters is 2. The summed E-state index contributed by atoms with van der Waals surface area (Å²) in [5, 5.41) is 10.8. The highest BCUT2D eigenvalue weighted by Crippen LogP contribution is 2.21. The topological polar surface area (TPSA) is 129 Å². The Hall–Kier alpha value is -3.75. The standard InChI is InChI=1S/C20H20N2O7/c1-11-17(20(25)28-4)12(2)21-18(11)19(24)13(3)29-16(23)9-8-14-6-5-7-15(10-14)22(26)27/h5-10,13,21H,1-4H3/b9-8+/t13-/m1/s1. The fourth-order valence-electron chi connectivity index (χ4n) is 2.78. The molecule has 1 aromatic carbocycles. The molecular formula is C20H20N2O7. The number of nitro benzene ring substituents is 1. The van der Waals surface area contributed by atoms with Gasteiger partial charge in [0.15, 0.2) is 6.10 Å². The number of carbonyl (C=O) groups excluding carboxylic acids is 3. The van der Waals surface area contributed by atoms with E-state index < -0.39 is 28.7 Å². The number of ether oxygens (including phenoxy) is 2. The van der Waals surface area contributed by atoms with Crippen molar-refractivity contribution in [2.45, 2.75) is 26.9 Å². The first-order chi connectivity index (χ1) is 13.6. The van der Waals surface area contributed by atoms with Crippen LogP contribution in [0.1, 0.15) is 44.6 Å². The maximum Gasteiger partial charge on any atom is 0.339 e. The molecule has 0 spiro atoms. The Labute approximate surface area is 166 Å². The fourth-order valence-corrected chi connectivity index (χ4v) is 2.78. The smallest absolute Gasteiger partial charge is 0.339 e. The summed E-state index contributed by atoms with van der Waals surface area (Å²) in [6.07, 6.45) is 1.32. The predicted molar refractivity (Wildman–Crippen MR) is 104 cm³/mol. The maximum atomic E-state index is 12.6. The van der Waals surface area contributed by atoms with Gasteiger partial charge in [0.25, 0.3) is 5.69 Å². The molecule has 1 N–H and O–H groups in total. The van der Waals surface area contributed by atoms with Gasteiger partial charge in [-0.15, -0.1) is 0 Å². The van der Waals surface area contributed by atoms with Gasteiger partial charge in [-0.05, 0) is 38.0 Å². The lowest BCUT2D eigenvalue weighted by atomic mass is 10.1. The van der Waals surface area contributed by atoms with E-state index in [1.54, 1.807) is 19.9 Å². The highest BCUT2D eigenvalue weighted by molar-refractivity contribution is 6.04. The predicted octanol–water partition coefficient (Wildman–Crippen LogP) is 3.15. The number of aryl methyl sites for hydroxylation is 1. The van der Waals surface area contributed by atoms with Crippen molar-refractivity contribution in [3.63, 3.8) is 0 Å². The van der Waals surface area contributed by atoms with Gasteiger partial charge in [0.2, 0.25) is 5.78 Å². The molecule has 1 heterocycles. The third-order valence-electron chi connectivity index (χ3n) is 4.23. The fraction of sp³-hybridized carbons (Fsp3) is 0.250. The molecule has 0 aliphatic rings. The average Bonchev–Trinajstić information content (AvgIpc) is 2.99. The zero-order chi connectivity index (χ0) is 21.7. The molecule has 0 saturated carbocycles. The summed E-state index contributed by atoms with van der Waals surface area (Å²) in [6.45, 7) is 4.64. The average molecular weight is 400 g/mol. The van der Waals surface area contributed by atoms with Gasteiger partial charge in [0.05, 0.1) is 23.3 Å². The molecule has 0 radical (unpaired) electrons. The van der Waals surface area contributed by atoms with Crippen molar-refractivity contribution in [3.8, 4) is 0 Å². The summed E-state index contributed by atoms with van der Waals surface area (Å²) in [7, 11) is 1.24. The van der Waals surface area contributed by atoms with Crippen LogP contribution in [0.5, 0.6) is 0 Å². The SMILES string of the molecule is COC(=O)c1c(C)[nH]c(C(=O)[C@@H](C)OC(=O)/C=C/c2cccc([N+](=O)[O-])c2)c1C. The second kappa shape index (κ2) is 8.96. The van der Waals surface area contributed by atoms with Crippen molar-refractivity contribution in [2.24, 2.45) is 0 Å². The van der Waals surface area contributed by atoms with Gasteiger partial charge < -0.3 is 14.5 Å². The summed E-state index contributed by atoms with van der Waals surface area (Å²) in [5.41, 5.74) is 1.64. The summed E-state index contributed by atoms with van der Waals surface area (Å²) < 4.78 is 9.82. The number of rotatable bonds is 7. The molecule has 1 aromatic heterocycles. The van der Waals surface area contributed by atoms with Crippen molar-refractivity contribution in [2.75, 3.05) is 7.11 Å². The zero-order valence-electron chi connectivity index (χ0n) is 16.3. The molecule has 1 atom stereocenters. The van der Waals surface area contributed by atoms with Crippen molar-refractivity contribution >= 4 is 29.5 Å². The lowest BCUT2D eigenvalue weighted by molar-refractivity contribution is -0.384. The van der Waals surface area contributed by atoms with Crippen LogP contribution >= 0.6 is 0 Å². The summed E-state index contributed by atoms with van der Waals surface area (Å²) in [6, 6.07) is 5.72. The van der Waals surface area contributed by atoms with Crippen molar-refractivity contribution in [1.82, 2.24) is 4.98 Å². The summed E-state index contributed by atoms with van der Waals surface area (Å²) in [5.74, 6) is -1.86. The summed E-state index contributed by atoms with van der Waals surface area (Å²) in [4.78, 5) is 49.5. The maximum absolute atomic E-state index is 12.6. The van der Waals surface area contributed by atoms with Gasteiger partial charge >= 0.3 is 11.9 Å². The largest absolute Gasteiger partial charge is 0.465 e. The Bertz CT molecular complexity index is 1000. The van der Waals surface area contributed by atoms with E-state index >= 15 is 0 Å². The molecule has 9 nitrogen and oxygen atoms in total. The van der Waals surface area contributed by atoms with Gasteiger partial charge in [-0.2, -0.15) is 0 Å². The van der Waals surface area contributed by atoms with Crippen LogP contribution in [-0.2, 0) is 14.3 Å². The number of H-pyrrole nitrogens is 1. The lowest BCUT2D eigenvalue weighted by Gasteiger charge is -2.10. The minimum atomic E-state index is -1.11. The number of hydrogen-bond donors (Lipinski definition) is 1. The Morgan fingerprint density at radius 1 is 1.24 bits per heavy atom. The van der Waals surface area contributed by atoms with Crippen molar-refractivity contribution < 1.29 is 28.8 Å². The van der Waals surface area contributed by atoms with Crippen LogP contribution in [0.25, 0.3) is 6.08 Å². The molecule has 0 bridgehead atoms. The van der Waals surface area contributed by atoms with Gasteiger partial charge in [0, 0.05) is 23.9 Å². The monoisotopic (exact) mass is 400 g/mol. The number of aromatic amines is 1. The number of ketones is 1. The number of nitrogens with zero attached hydrogens (tertiary/aromatic N) is 1. The molecule has 9 heteroatoms. The van der Waals surface area contributed by atoms with Crippen molar-refractivity contribution in [3.05, 3.63) is 68.5 Å². The number of aromatic nitrogens is 1. The minimum absolute atomic E-state index is 0.108. The van der Waals surface area contributed by atoms with E-state index in [0.717, 1.165) is 6.08 Å². The lowest BCUT2D eigenvalue weighted by Crippen LogP contribution is -2.24. The molecule has 0 amide bonds.